The van der Waals surface area contributed by atoms with Crippen LogP contribution in [0.5, 0.6) is 0 Å². The lowest BCUT2D eigenvalue weighted by atomic mass is 9.97. The summed E-state index contributed by atoms with van der Waals surface area (Å²) in [6, 6.07) is 5.28. The number of H-pyrrole nitrogens is 1. The first-order chi connectivity index (χ1) is 38.7. The molecule has 1 heterocycles. The van der Waals surface area contributed by atoms with Gasteiger partial charge in [-0.1, -0.05) is 25.5 Å². The lowest BCUT2D eigenvalue weighted by Crippen LogP contribution is -2.45. The van der Waals surface area contributed by atoms with Gasteiger partial charge in [0.2, 0.25) is 39.6 Å². The quantitative estimate of drug-likeness (QED) is 0.0403. The van der Waals surface area contributed by atoms with Crippen LogP contribution < -0.4 is 37.0 Å². The number of carbonyl (C=O) groups excluding carboxylic acids is 8. The number of hydrogen-bond acceptors (Lipinski definition) is 20. The Morgan fingerprint density at radius 2 is 1.31 bits per heavy atom. The molecule has 3 atom stereocenters. The minimum Gasteiger partial charge on any atom is -0.481 e. The summed E-state index contributed by atoms with van der Waals surface area (Å²) in [5, 5.41) is 45.2. The van der Waals surface area contributed by atoms with Gasteiger partial charge in [-0.2, -0.15) is 5.21 Å². The number of aromatic amines is 1. The topological polar surface area (TPSA) is 435 Å². The van der Waals surface area contributed by atoms with E-state index in [-0.39, 0.29) is 89.6 Å². The number of amides is 6. The van der Waals surface area contributed by atoms with Crippen LogP contribution in [0, 0.1) is 5.92 Å². The second-order valence-electron chi connectivity index (χ2n) is 18.5. The molecule has 1 aromatic carbocycles. The molecule has 0 aliphatic heterocycles. The molecule has 456 valence electrons. The van der Waals surface area contributed by atoms with Crippen molar-refractivity contribution < 1.29 is 85.5 Å². The third-order valence-corrected chi connectivity index (χ3v) is 12.7. The first-order valence-electron chi connectivity index (χ1n) is 27.0. The molecule has 0 bridgehead atoms. The number of benzene rings is 1. The highest BCUT2D eigenvalue weighted by Gasteiger charge is 2.25. The molecule has 6 amide bonds. The number of primary amides is 1. The normalized spacial score (nSPS) is 12.1. The maximum atomic E-state index is 12.2. The third kappa shape index (κ3) is 38.3. The number of hydrogen-bond donors (Lipinski definition) is 10. The van der Waals surface area contributed by atoms with Crippen molar-refractivity contribution in [2.24, 2.45) is 11.7 Å². The number of ether oxygens (including phenoxy) is 4. The van der Waals surface area contributed by atoms with Crippen LogP contribution in [-0.2, 0) is 78.5 Å². The average Bonchev–Trinajstić information content (AvgIpc) is 3.94. The molecule has 2 rings (SSSR count). The van der Waals surface area contributed by atoms with Gasteiger partial charge in [-0.15, -0.1) is 10.2 Å². The Balaban J connectivity index is 0.000000868. The highest BCUT2D eigenvalue weighted by Crippen LogP contribution is 2.14. The zero-order valence-electron chi connectivity index (χ0n) is 46.6. The number of carboxylic acid groups (broad SMARTS) is 2. The van der Waals surface area contributed by atoms with Crippen molar-refractivity contribution in [2.45, 2.75) is 136 Å². The maximum Gasteiger partial charge on any atom is 0.326 e. The number of carboxylic acids is 2. The van der Waals surface area contributed by atoms with Crippen LogP contribution in [0.25, 0.3) is 0 Å². The van der Waals surface area contributed by atoms with Crippen molar-refractivity contribution in [3.05, 3.63) is 35.7 Å². The SMILES string of the molecule is CC(=O)CCC(NC(=O)CC[C@H](CC(=O)COCCOCCNC(=O)CCCS(=O)(=O)NC(=O)CCCc1nn[nH]n1)C(=O)O)C(=O)O.CCCCOCCOCC(=O)N[C@@H](CCCCNC(=O)c1ccc(NCCC)cc1)C(N)=O. The van der Waals surface area contributed by atoms with Crippen LogP contribution in [0.3, 0.4) is 0 Å². The Hall–Kier alpha value is -7.02. The molecule has 81 heavy (non-hydrogen) atoms. The van der Waals surface area contributed by atoms with Gasteiger partial charge in [0.1, 0.15) is 31.1 Å². The number of ketones is 2. The highest BCUT2D eigenvalue weighted by atomic mass is 32.2. The van der Waals surface area contributed by atoms with Gasteiger partial charge in [0.25, 0.3) is 5.91 Å². The summed E-state index contributed by atoms with van der Waals surface area (Å²) < 4.78 is 47.1. The number of anilines is 1. The number of nitrogens with two attached hydrogens (primary N) is 1. The van der Waals surface area contributed by atoms with E-state index in [0.29, 0.717) is 69.9 Å². The second kappa shape index (κ2) is 43.7. The Kier molecular flexibility index (Phi) is 38.9. The number of nitrogens with one attached hydrogen (secondary N) is 7. The van der Waals surface area contributed by atoms with Gasteiger partial charge in [0.15, 0.2) is 11.6 Å². The molecule has 0 spiro atoms. The number of aromatic nitrogens is 4. The number of aliphatic carboxylic acids is 2. The van der Waals surface area contributed by atoms with E-state index in [1.165, 1.54) is 6.92 Å². The fourth-order valence-corrected chi connectivity index (χ4v) is 7.99. The molecule has 0 saturated carbocycles. The summed E-state index contributed by atoms with van der Waals surface area (Å²) >= 11 is 0. The first-order valence-corrected chi connectivity index (χ1v) is 28.6. The molecule has 2 aromatic rings. The summed E-state index contributed by atoms with van der Waals surface area (Å²) in [5.74, 6) is -7.52. The van der Waals surface area contributed by atoms with E-state index in [0.717, 1.165) is 31.5 Å². The summed E-state index contributed by atoms with van der Waals surface area (Å²) in [6.45, 7) is 7.98. The monoisotopic (exact) mass is 1170 g/mol. The molecule has 0 radical (unpaired) electrons. The maximum absolute atomic E-state index is 12.2. The van der Waals surface area contributed by atoms with Crippen molar-refractivity contribution in [1.29, 1.82) is 0 Å². The third-order valence-electron chi connectivity index (χ3n) is 11.3. The highest BCUT2D eigenvalue weighted by molar-refractivity contribution is 7.90. The van der Waals surface area contributed by atoms with E-state index >= 15 is 0 Å². The van der Waals surface area contributed by atoms with Crippen molar-refractivity contribution in [3.8, 4) is 0 Å². The zero-order chi connectivity index (χ0) is 60.3. The molecule has 0 aliphatic carbocycles. The number of aryl methyl sites for hydroxylation is 1. The average molecular weight is 1170 g/mol. The van der Waals surface area contributed by atoms with Crippen LogP contribution >= 0.6 is 0 Å². The van der Waals surface area contributed by atoms with Gasteiger partial charge in [-0.3, -0.25) is 43.1 Å². The molecule has 0 saturated heterocycles. The minimum atomic E-state index is -3.90. The predicted octanol–water partition coefficient (Wildman–Crippen LogP) is 0.489. The van der Waals surface area contributed by atoms with Gasteiger partial charge < -0.3 is 66.3 Å². The predicted molar refractivity (Wildman–Crippen MR) is 291 cm³/mol. The summed E-state index contributed by atoms with van der Waals surface area (Å²) in [7, 11) is -3.90. The molecule has 29 nitrogen and oxygen atoms in total. The van der Waals surface area contributed by atoms with Crippen LogP contribution in [0.15, 0.2) is 24.3 Å². The number of carbonyl (C=O) groups is 10. The Morgan fingerprint density at radius 1 is 0.642 bits per heavy atom. The van der Waals surface area contributed by atoms with Gasteiger partial charge in [-0.25, -0.2) is 13.2 Å². The number of Topliss-reactive ketones (excluding diaryl/α,β-unsaturated/α-hetero) is 2. The van der Waals surface area contributed by atoms with Crippen molar-refractivity contribution >= 4 is 74.7 Å². The van der Waals surface area contributed by atoms with Crippen LogP contribution in [-0.4, -0.2) is 189 Å². The van der Waals surface area contributed by atoms with E-state index in [1.807, 2.05) is 16.9 Å². The smallest absolute Gasteiger partial charge is 0.326 e. The molecule has 30 heteroatoms. The van der Waals surface area contributed by atoms with Gasteiger partial charge in [0, 0.05) is 76.0 Å². The molecule has 0 fully saturated rings. The number of rotatable bonds is 47. The van der Waals surface area contributed by atoms with E-state index in [9.17, 15) is 66.6 Å². The number of sulfonamides is 1. The first kappa shape index (κ1) is 72.0. The van der Waals surface area contributed by atoms with Crippen LogP contribution in [0.2, 0.25) is 0 Å². The van der Waals surface area contributed by atoms with Crippen LogP contribution in [0.4, 0.5) is 5.69 Å². The van der Waals surface area contributed by atoms with E-state index in [2.05, 4.69) is 61.1 Å². The van der Waals surface area contributed by atoms with Crippen molar-refractivity contribution in [3.63, 3.8) is 0 Å². The zero-order valence-corrected chi connectivity index (χ0v) is 47.4. The minimum absolute atomic E-state index is 0.00262. The van der Waals surface area contributed by atoms with Crippen LogP contribution in [0.1, 0.15) is 133 Å². The van der Waals surface area contributed by atoms with Crippen molar-refractivity contribution in [1.82, 2.24) is 46.6 Å². The fraction of sp³-hybridized carbons (Fsp3) is 0.667. The number of tetrazole rings is 1. The number of unbranched alkanes of at least 4 members (excludes halogenated alkanes) is 2. The van der Waals surface area contributed by atoms with Gasteiger partial charge in [-0.05, 0) is 89.0 Å². The lowest BCUT2D eigenvalue weighted by molar-refractivity contribution is -0.145. The molecule has 1 unspecified atom stereocenters. The second-order valence-corrected chi connectivity index (χ2v) is 20.3. The van der Waals surface area contributed by atoms with Gasteiger partial charge in [0.05, 0.1) is 44.7 Å². The van der Waals surface area contributed by atoms with E-state index in [4.69, 9.17) is 24.7 Å². The summed E-state index contributed by atoms with van der Waals surface area (Å²) in [5.41, 5.74) is 6.98. The largest absolute Gasteiger partial charge is 0.481 e. The molecule has 1 aromatic heterocycles. The summed E-state index contributed by atoms with van der Waals surface area (Å²) in [6.07, 6.45) is 4.22. The van der Waals surface area contributed by atoms with E-state index < -0.39 is 94.1 Å². The molecule has 0 aliphatic rings. The molecule has 11 N–H and O–H groups in total. The van der Waals surface area contributed by atoms with Gasteiger partial charge >= 0.3 is 11.9 Å². The summed E-state index contributed by atoms with van der Waals surface area (Å²) in [4.78, 5) is 118. The lowest BCUT2D eigenvalue weighted by Gasteiger charge is -2.15. The fourth-order valence-electron chi connectivity index (χ4n) is 6.91. The Morgan fingerprint density at radius 3 is 1.94 bits per heavy atom. The molecular formula is C51H83N11O18S. The Bertz CT molecular complexity index is 2330. The van der Waals surface area contributed by atoms with Crippen molar-refractivity contribution in [2.75, 3.05) is 83.6 Å². The standard InChI is InChI=1S/C27H43N7O13S.C24H40N4O5/c1-18(35)7-9-21(27(42)43)29-24(38)10-8-19(26(40)41)16-20(36)17-47-14-13-46-12-11-28-23(37)6-3-15-48(44,45)32-25(39)5-2-4-22-30-33-34-31-22;1-3-5-15-32-16-17-33-18-22(29)28-21(23(25)30)8-6-7-14-27-24(31)19-9-11-20(12-10-19)26-13-4-2/h19,21H,2-17H2,1H3,(H,28,37)(H,29,38)(H,32,39)(H,40,41)(H,42,43)(H,30,31,33,34);9-12,21,26H,3-8,13-18H2,1-2H3,(H2,25,30)(H,27,31)(H,28,29)/t19-,21?;21-/m10/s1. The van der Waals surface area contributed by atoms with E-state index in [1.54, 1.807) is 12.1 Å². The molecular weight excluding hydrogens is 1090 g/mol. The number of nitrogens with zero attached hydrogens (tertiary/aromatic N) is 3. The Labute approximate surface area is 471 Å².